The minimum atomic E-state index is -4.33. The Balaban J connectivity index is 4.94. The third kappa shape index (κ3) is 4.66. The van der Waals surface area contributed by atoms with Crippen LogP contribution in [0.2, 0.25) is 0 Å². The average molecular weight is 323 g/mol. The molecular formula is C7H6ClF3IN. The molecule has 0 amide bonds. The molecule has 0 saturated heterocycles. The number of nitrogens with zero attached hydrogens (tertiary/aromatic N) is 1. The highest BCUT2D eigenvalue weighted by atomic mass is 127. The van der Waals surface area contributed by atoms with E-state index in [1.54, 1.807) is 22.6 Å². The fourth-order valence-corrected chi connectivity index (χ4v) is 1.29. The summed E-state index contributed by atoms with van der Waals surface area (Å²) in [7, 11) is 0. The van der Waals surface area contributed by atoms with Crippen molar-refractivity contribution in [1.29, 1.82) is 0 Å². The van der Waals surface area contributed by atoms with Gasteiger partial charge in [-0.3, -0.25) is 4.99 Å². The maximum absolute atomic E-state index is 12.1. The summed E-state index contributed by atoms with van der Waals surface area (Å²) in [4.78, 5) is 3.26. The van der Waals surface area contributed by atoms with Crippen LogP contribution in [0.5, 0.6) is 0 Å². The predicted molar refractivity (Wildman–Crippen MR) is 56.3 cm³/mol. The monoisotopic (exact) mass is 323 g/mol. The summed E-state index contributed by atoms with van der Waals surface area (Å²) in [6.45, 7) is 4.06. The van der Waals surface area contributed by atoms with Gasteiger partial charge in [0.25, 0.3) is 0 Å². The van der Waals surface area contributed by atoms with Gasteiger partial charge in [-0.25, -0.2) is 0 Å². The maximum Gasteiger partial charge on any atom is 0.413 e. The van der Waals surface area contributed by atoms with E-state index in [1.807, 2.05) is 0 Å². The Hall–Kier alpha value is -0.0400. The first-order valence-corrected chi connectivity index (χ1v) is 4.52. The van der Waals surface area contributed by atoms with E-state index in [2.05, 4.69) is 11.7 Å². The quantitative estimate of drug-likeness (QED) is 0.315. The van der Waals surface area contributed by atoms with E-state index < -0.39 is 11.7 Å². The third-order valence-corrected chi connectivity index (χ3v) is 2.53. The fourth-order valence-electron chi connectivity index (χ4n) is 0.394. The molecule has 0 fully saturated rings. The zero-order valence-electron chi connectivity index (χ0n) is 6.62. The molecule has 1 nitrogen and oxygen atoms in total. The van der Waals surface area contributed by atoms with Crippen LogP contribution >= 0.6 is 34.2 Å². The molecule has 0 aromatic rings. The molecule has 0 aromatic heterocycles. The summed E-state index contributed by atoms with van der Waals surface area (Å²) in [6, 6.07) is 0. The fraction of sp³-hybridized carbons (Fsp3) is 0.286. The highest BCUT2D eigenvalue weighted by molar-refractivity contribution is 14.1. The summed E-state index contributed by atoms with van der Waals surface area (Å²) < 4.78 is 36.2. The first-order valence-electron chi connectivity index (χ1n) is 3.06. The number of alkyl halides is 3. The number of aliphatic imine (C=N–C) groups is 1. The number of hydrogen-bond acceptors (Lipinski definition) is 1. The highest BCUT2D eigenvalue weighted by Crippen LogP contribution is 2.31. The summed E-state index contributed by atoms with van der Waals surface area (Å²) in [5.74, 6) is 0. The summed E-state index contributed by atoms with van der Waals surface area (Å²) in [5.41, 5.74) is -0.699. The second-order valence-electron chi connectivity index (χ2n) is 2.10. The Bertz CT molecular complexity index is 267. The van der Waals surface area contributed by atoms with Gasteiger partial charge in [-0.05, 0) is 42.3 Å². The second-order valence-corrected chi connectivity index (χ2v) is 3.65. The van der Waals surface area contributed by atoms with Crippen LogP contribution in [-0.2, 0) is 0 Å². The van der Waals surface area contributed by atoms with Gasteiger partial charge in [-0.15, -0.1) is 0 Å². The molecule has 0 rings (SSSR count). The lowest BCUT2D eigenvalue weighted by Crippen LogP contribution is -2.09. The molecule has 74 valence electrons. The molecule has 0 spiro atoms. The van der Waals surface area contributed by atoms with E-state index >= 15 is 0 Å². The Labute approximate surface area is 92.5 Å². The van der Waals surface area contributed by atoms with Crippen molar-refractivity contribution in [2.45, 2.75) is 13.1 Å². The largest absolute Gasteiger partial charge is 0.413 e. The van der Waals surface area contributed by atoms with Crippen molar-refractivity contribution in [3.05, 3.63) is 20.4 Å². The topological polar surface area (TPSA) is 12.4 Å². The molecule has 0 aliphatic heterocycles. The Kier molecular flexibility index (Phi) is 4.98. The number of hydrogen-bond donors (Lipinski definition) is 0. The van der Waals surface area contributed by atoms with Crippen molar-refractivity contribution in [2.75, 3.05) is 0 Å². The van der Waals surface area contributed by atoms with Crippen molar-refractivity contribution in [1.82, 2.24) is 0 Å². The van der Waals surface area contributed by atoms with Gasteiger partial charge in [0.1, 0.15) is 5.16 Å². The van der Waals surface area contributed by atoms with E-state index in [1.165, 1.54) is 0 Å². The van der Waals surface area contributed by atoms with E-state index in [0.29, 0.717) is 0 Å². The summed E-state index contributed by atoms with van der Waals surface area (Å²) in [5, 5.41) is -0.0620. The van der Waals surface area contributed by atoms with Gasteiger partial charge < -0.3 is 0 Å². The van der Waals surface area contributed by atoms with Gasteiger partial charge in [-0.2, -0.15) is 13.2 Å². The molecule has 0 heterocycles. The van der Waals surface area contributed by atoms with Crippen LogP contribution in [-0.4, -0.2) is 12.9 Å². The van der Waals surface area contributed by atoms with Gasteiger partial charge in [0.15, 0.2) is 0 Å². The van der Waals surface area contributed by atoms with Gasteiger partial charge >= 0.3 is 6.18 Å². The maximum atomic E-state index is 12.1. The van der Waals surface area contributed by atoms with Crippen molar-refractivity contribution < 1.29 is 13.2 Å². The van der Waals surface area contributed by atoms with Crippen LogP contribution in [0.25, 0.3) is 0 Å². The van der Waals surface area contributed by atoms with E-state index in [0.717, 1.165) is 13.0 Å². The number of halogens is 5. The first kappa shape index (κ1) is 13.0. The minimum Gasteiger partial charge on any atom is -0.252 e. The molecule has 6 heteroatoms. The van der Waals surface area contributed by atoms with E-state index in [4.69, 9.17) is 11.6 Å². The smallest absolute Gasteiger partial charge is 0.252 e. The molecule has 0 N–H and O–H groups in total. The lowest BCUT2D eigenvalue weighted by atomic mass is 10.3. The lowest BCUT2D eigenvalue weighted by Gasteiger charge is -2.07. The molecule has 13 heavy (non-hydrogen) atoms. The van der Waals surface area contributed by atoms with Crippen molar-refractivity contribution in [2.24, 2.45) is 4.99 Å². The second kappa shape index (κ2) is 4.99. The standard InChI is InChI=1S/C7H6ClF3IN/c1-4(7(9,10)11)5(12)3-6(8)13-2/h3H,2H2,1H3/b5-4-,6-3-. The molecule has 0 aliphatic rings. The molecule has 0 aromatic carbocycles. The number of rotatable bonds is 2. The van der Waals surface area contributed by atoms with Crippen LogP contribution in [0, 0.1) is 0 Å². The van der Waals surface area contributed by atoms with Gasteiger partial charge in [0.2, 0.25) is 0 Å². The molecule has 0 aliphatic carbocycles. The normalized spacial score (nSPS) is 15.4. The highest BCUT2D eigenvalue weighted by Gasteiger charge is 2.31. The van der Waals surface area contributed by atoms with E-state index in [9.17, 15) is 13.2 Å². The summed E-state index contributed by atoms with van der Waals surface area (Å²) in [6.07, 6.45) is -3.22. The van der Waals surface area contributed by atoms with Crippen LogP contribution < -0.4 is 0 Å². The molecular weight excluding hydrogens is 317 g/mol. The van der Waals surface area contributed by atoms with Crippen LogP contribution in [0.1, 0.15) is 6.92 Å². The molecule has 0 unspecified atom stereocenters. The predicted octanol–water partition coefficient (Wildman–Crippen LogP) is 4.04. The van der Waals surface area contributed by atoms with Crippen LogP contribution in [0.3, 0.4) is 0 Å². The van der Waals surface area contributed by atoms with Crippen LogP contribution in [0.4, 0.5) is 13.2 Å². The SMILES string of the molecule is C=N/C(Cl)=C\C(I)=C(/C)C(F)(F)F. The van der Waals surface area contributed by atoms with Gasteiger partial charge in [0.05, 0.1) is 0 Å². The first-order chi connectivity index (χ1) is 5.79. The van der Waals surface area contributed by atoms with Gasteiger partial charge in [-0.1, -0.05) is 11.6 Å². The Morgan fingerprint density at radius 1 is 1.54 bits per heavy atom. The lowest BCUT2D eigenvalue weighted by molar-refractivity contribution is -0.0914. The molecule has 0 bridgehead atoms. The van der Waals surface area contributed by atoms with Crippen molar-refractivity contribution in [3.8, 4) is 0 Å². The minimum absolute atomic E-state index is 0.00231. The molecule has 0 atom stereocenters. The van der Waals surface area contributed by atoms with Crippen molar-refractivity contribution >= 4 is 40.9 Å². The Morgan fingerprint density at radius 2 is 2.00 bits per heavy atom. The Morgan fingerprint density at radius 3 is 2.31 bits per heavy atom. The van der Waals surface area contributed by atoms with Gasteiger partial charge in [0, 0.05) is 9.15 Å². The molecule has 0 radical (unpaired) electrons. The summed E-state index contributed by atoms with van der Waals surface area (Å²) >= 11 is 6.92. The van der Waals surface area contributed by atoms with E-state index in [-0.39, 0.29) is 8.74 Å². The average Bonchev–Trinajstić information content (AvgIpc) is 2.01. The van der Waals surface area contributed by atoms with Crippen LogP contribution in [0.15, 0.2) is 25.4 Å². The zero-order valence-corrected chi connectivity index (χ0v) is 9.53. The van der Waals surface area contributed by atoms with Crippen molar-refractivity contribution in [3.63, 3.8) is 0 Å². The zero-order chi connectivity index (χ0) is 10.6. The molecule has 0 saturated carbocycles. The number of allylic oxidation sites excluding steroid dienone is 3. The third-order valence-electron chi connectivity index (χ3n) is 1.18.